The van der Waals surface area contributed by atoms with E-state index in [4.69, 9.17) is 14.6 Å². The number of aliphatic hydroxyl groups is 1. The van der Waals surface area contributed by atoms with Gasteiger partial charge in [0, 0.05) is 6.54 Å². The maximum Gasteiger partial charge on any atom is 0.260 e. The van der Waals surface area contributed by atoms with Crippen LogP contribution in [-0.2, 0) is 9.53 Å². The number of amides is 1. The van der Waals surface area contributed by atoms with Crippen LogP contribution in [0.15, 0.2) is 30.3 Å². The van der Waals surface area contributed by atoms with Gasteiger partial charge >= 0.3 is 0 Å². The molecule has 1 aliphatic rings. The van der Waals surface area contributed by atoms with Crippen molar-refractivity contribution in [2.45, 2.75) is 19.1 Å². The second kappa shape index (κ2) is 6.54. The molecule has 1 saturated heterocycles. The summed E-state index contributed by atoms with van der Waals surface area (Å²) in [6.45, 7) is 2.72. The molecule has 1 aliphatic heterocycles. The molecule has 1 heterocycles. The Balaban J connectivity index is 1.88. The van der Waals surface area contributed by atoms with Crippen LogP contribution in [0.4, 0.5) is 0 Å². The summed E-state index contributed by atoms with van der Waals surface area (Å²) in [6.07, 6.45) is -0.295. The Morgan fingerprint density at radius 1 is 1.47 bits per heavy atom. The van der Waals surface area contributed by atoms with Crippen molar-refractivity contribution in [1.29, 1.82) is 0 Å². The molecule has 0 radical (unpaired) electrons. The van der Waals surface area contributed by atoms with Crippen molar-refractivity contribution in [3.8, 4) is 5.75 Å². The number of hydrogen-bond donors (Lipinski definition) is 1. The fraction of sp³-hybridized carbons (Fsp3) is 0.500. The number of nitrogens with zero attached hydrogens (tertiary/aromatic N) is 1. The van der Waals surface area contributed by atoms with E-state index in [-0.39, 0.29) is 31.3 Å². The van der Waals surface area contributed by atoms with Gasteiger partial charge in [-0.05, 0) is 19.1 Å². The van der Waals surface area contributed by atoms with Gasteiger partial charge in [0.1, 0.15) is 5.75 Å². The topological polar surface area (TPSA) is 59.0 Å². The van der Waals surface area contributed by atoms with Gasteiger partial charge in [0.05, 0.1) is 25.4 Å². The van der Waals surface area contributed by atoms with Crippen LogP contribution in [0.5, 0.6) is 5.75 Å². The number of carbonyl (C=O) groups excluding carboxylic acids is 1. The number of rotatable bonds is 4. The van der Waals surface area contributed by atoms with Gasteiger partial charge in [-0.15, -0.1) is 0 Å². The van der Waals surface area contributed by atoms with Crippen LogP contribution < -0.4 is 4.74 Å². The number of morpholine rings is 1. The summed E-state index contributed by atoms with van der Waals surface area (Å²) in [5.41, 5.74) is 0. The van der Waals surface area contributed by atoms with Crippen molar-refractivity contribution >= 4 is 5.91 Å². The zero-order chi connectivity index (χ0) is 13.7. The van der Waals surface area contributed by atoms with Crippen molar-refractivity contribution < 1.29 is 19.4 Å². The Hall–Kier alpha value is -1.59. The van der Waals surface area contributed by atoms with Crippen molar-refractivity contribution in [3.63, 3.8) is 0 Å². The van der Waals surface area contributed by atoms with Gasteiger partial charge in [-0.3, -0.25) is 4.79 Å². The van der Waals surface area contributed by atoms with Crippen LogP contribution in [0.3, 0.4) is 0 Å². The number of carbonyl (C=O) groups is 1. The Labute approximate surface area is 112 Å². The lowest BCUT2D eigenvalue weighted by molar-refractivity contribution is -0.148. The monoisotopic (exact) mass is 265 g/mol. The highest BCUT2D eigenvalue weighted by Gasteiger charge is 2.29. The molecule has 1 aromatic carbocycles. The summed E-state index contributed by atoms with van der Waals surface area (Å²) in [6, 6.07) is 9.25. The van der Waals surface area contributed by atoms with Crippen LogP contribution in [0.2, 0.25) is 0 Å². The average molecular weight is 265 g/mol. The second-order valence-corrected chi connectivity index (χ2v) is 4.63. The van der Waals surface area contributed by atoms with Gasteiger partial charge < -0.3 is 19.5 Å². The van der Waals surface area contributed by atoms with E-state index in [1.54, 1.807) is 4.90 Å². The van der Waals surface area contributed by atoms with E-state index in [0.29, 0.717) is 18.9 Å². The SMILES string of the molecule is CC1COC(CO)CN1C(=O)COc1ccccc1. The number of para-hydroxylation sites is 1. The molecular formula is C14H19NO4. The molecule has 2 rings (SSSR count). The third-order valence-electron chi connectivity index (χ3n) is 3.14. The first kappa shape index (κ1) is 13.8. The van der Waals surface area contributed by atoms with E-state index in [2.05, 4.69) is 0 Å². The third kappa shape index (κ3) is 3.68. The highest BCUT2D eigenvalue weighted by molar-refractivity contribution is 5.78. The van der Waals surface area contributed by atoms with Gasteiger partial charge in [0.2, 0.25) is 0 Å². The van der Waals surface area contributed by atoms with Crippen molar-refractivity contribution in [2.75, 3.05) is 26.4 Å². The first-order valence-corrected chi connectivity index (χ1v) is 6.40. The summed E-state index contributed by atoms with van der Waals surface area (Å²) < 4.78 is 10.8. The molecule has 104 valence electrons. The minimum absolute atomic E-state index is 0.00645. The fourth-order valence-corrected chi connectivity index (χ4v) is 2.02. The molecule has 0 bridgehead atoms. The molecule has 1 fully saturated rings. The molecule has 0 spiro atoms. The van der Waals surface area contributed by atoms with Crippen LogP contribution in [-0.4, -0.2) is 54.4 Å². The highest BCUT2D eigenvalue weighted by atomic mass is 16.5. The van der Waals surface area contributed by atoms with E-state index in [1.807, 2.05) is 37.3 Å². The fourth-order valence-electron chi connectivity index (χ4n) is 2.02. The van der Waals surface area contributed by atoms with E-state index >= 15 is 0 Å². The summed E-state index contributed by atoms with van der Waals surface area (Å²) in [5, 5.41) is 9.09. The van der Waals surface area contributed by atoms with Gasteiger partial charge in [0.15, 0.2) is 6.61 Å². The Bertz CT molecular complexity index is 409. The van der Waals surface area contributed by atoms with E-state index in [1.165, 1.54) is 0 Å². The lowest BCUT2D eigenvalue weighted by Crippen LogP contribution is -2.53. The zero-order valence-electron chi connectivity index (χ0n) is 11.0. The number of ether oxygens (including phenoxy) is 2. The smallest absolute Gasteiger partial charge is 0.260 e. The largest absolute Gasteiger partial charge is 0.484 e. The lowest BCUT2D eigenvalue weighted by atomic mass is 10.2. The average Bonchev–Trinajstić information content (AvgIpc) is 2.46. The highest BCUT2D eigenvalue weighted by Crippen LogP contribution is 2.13. The molecule has 5 nitrogen and oxygen atoms in total. The second-order valence-electron chi connectivity index (χ2n) is 4.63. The molecule has 2 atom stereocenters. The van der Waals surface area contributed by atoms with Crippen LogP contribution in [0.25, 0.3) is 0 Å². The van der Waals surface area contributed by atoms with Crippen molar-refractivity contribution in [3.05, 3.63) is 30.3 Å². The van der Waals surface area contributed by atoms with Crippen molar-refractivity contribution in [2.24, 2.45) is 0 Å². The summed E-state index contributed by atoms with van der Waals surface area (Å²) >= 11 is 0. The van der Waals surface area contributed by atoms with Crippen LogP contribution in [0.1, 0.15) is 6.92 Å². The zero-order valence-corrected chi connectivity index (χ0v) is 11.0. The summed E-state index contributed by atoms with van der Waals surface area (Å²) in [7, 11) is 0. The molecule has 1 N–H and O–H groups in total. The predicted octanol–water partition coefficient (Wildman–Crippen LogP) is 0.674. The molecule has 5 heteroatoms. The molecule has 1 amide bonds. The quantitative estimate of drug-likeness (QED) is 0.869. The van der Waals surface area contributed by atoms with Gasteiger partial charge in [-0.1, -0.05) is 18.2 Å². The molecule has 0 saturated carbocycles. The maximum absolute atomic E-state index is 12.1. The number of hydrogen-bond acceptors (Lipinski definition) is 4. The number of aliphatic hydroxyl groups excluding tert-OH is 1. The van der Waals surface area contributed by atoms with Gasteiger partial charge in [-0.2, -0.15) is 0 Å². The Morgan fingerprint density at radius 3 is 2.89 bits per heavy atom. The molecule has 0 aromatic heterocycles. The molecular weight excluding hydrogens is 246 g/mol. The molecule has 19 heavy (non-hydrogen) atoms. The summed E-state index contributed by atoms with van der Waals surface area (Å²) in [5.74, 6) is 0.591. The van der Waals surface area contributed by atoms with Crippen molar-refractivity contribution in [1.82, 2.24) is 4.90 Å². The van der Waals surface area contributed by atoms with Gasteiger partial charge in [-0.25, -0.2) is 0 Å². The van der Waals surface area contributed by atoms with E-state index < -0.39 is 0 Å². The Morgan fingerprint density at radius 2 is 2.21 bits per heavy atom. The minimum atomic E-state index is -0.295. The van der Waals surface area contributed by atoms with E-state index in [0.717, 1.165) is 0 Å². The minimum Gasteiger partial charge on any atom is -0.484 e. The molecule has 0 aliphatic carbocycles. The first-order chi connectivity index (χ1) is 9.20. The molecule has 1 aromatic rings. The summed E-state index contributed by atoms with van der Waals surface area (Å²) in [4.78, 5) is 13.8. The first-order valence-electron chi connectivity index (χ1n) is 6.40. The Kier molecular flexibility index (Phi) is 4.76. The van der Waals surface area contributed by atoms with E-state index in [9.17, 15) is 4.79 Å². The standard InChI is InChI=1S/C14H19NO4/c1-11-9-18-13(8-16)7-15(11)14(17)10-19-12-5-3-2-4-6-12/h2-6,11,13,16H,7-10H2,1H3. The normalized spacial score (nSPS) is 23.2. The molecule has 2 unspecified atom stereocenters. The predicted molar refractivity (Wildman–Crippen MR) is 69.9 cm³/mol. The lowest BCUT2D eigenvalue weighted by Gasteiger charge is -2.37. The van der Waals surface area contributed by atoms with Crippen LogP contribution in [0, 0.1) is 0 Å². The maximum atomic E-state index is 12.1. The third-order valence-corrected chi connectivity index (χ3v) is 3.14. The van der Waals surface area contributed by atoms with Crippen LogP contribution >= 0.6 is 0 Å². The number of benzene rings is 1. The van der Waals surface area contributed by atoms with Gasteiger partial charge in [0.25, 0.3) is 5.91 Å².